The van der Waals surface area contributed by atoms with E-state index in [1.807, 2.05) is 18.7 Å². The Bertz CT molecular complexity index is 397. The Balaban J connectivity index is 2.12. The number of likely N-dealkylation sites (tertiary alicyclic amines) is 1. The van der Waals surface area contributed by atoms with Crippen LogP contribution in [0.4, 0.5) is 0 Å². The quantitative estimate of drug-likeness (QED) is 0.345. The predicted octanol–water partition coefficient (Wildman–Crippen LogP) is 0.700. The van der Waals surface area contributed by atoms with Gasteiger partial charge in [-0.1, -0.05) is 19.0 Å². The molecule has 0 aromatic carbocycles. The molecule has 6 nitrogen and oxygen atoms in total. The van der Waals surface area contributed by atoms with Gasteiger partial charge < -0.3 is 15.8 Å². The largest absolute Gasteiger partial charge is 0.409 e. The molecule has 2 saturated heterocycles. The Hall–Kier alpha value is -1.30. The van der Waals surface area contributed by atoms with Crippen LogP contribution < -0.4 is 5.73 Å². The Morgan fingerprint density at radius 1 is 1.30 bits per heavy atom. The molecule has 0 radical (unpaired) electrons. The summed E-state index contributed by atoms with van der Waals surface area (Å²) in [4.78, 5) is 17.0. The summed E-state index contributed by atoms with van der Waals surface area (Å²) >= 11 is 0. The molecule has 2 fully saturated rings. The van der Waals surface area contributed by atoms with Gasteiger partial charge in [-0.05, 0) is 32.2 Å². The summed E-state index contributed by atoms with van der Waals surface area (Å²) in [5, 5.41) is 11.9. The van der Waals surface area contributed by atoms with Gasteiger partial charge in [-0.2, -0.15) is 0 Å². The van der Waals surface area contributed by atoms with E-state index in [0.29, 0.717) is 12.1 Å². The average Bonchev–Trinajstić information content (AvgIpc) is 2.62. The predicted molar refractivity (Wildman–Crippen MR) is 77.5 cm³/mol. The van der Waals surface area contributed by atoms with Gasteiger partial charge in [0.15, 0.2) is 5.84 Å². The summed E-state index contributed by atoms with van der Waals surface area (Å²) in [5.41, 5.74) is 5.71. The fourth-order valence-electron chi connectivity index (χ4n) is 3.52. The van der Waals surface area contributed by atoms with Gasteiger partial charge in [0.25, 0.3) is 0 Å². The lowest BCUT2D eigenvalue weighted by Gasteiger charge is -2.30. The van der Waals surface area contributed by atoms with Crippen molar-refractivity contribution in [1.82, 2.24) is 9.80 Å². The molecule has 6 heteroatoms. The number of hydrogen-bond acceptors (Lipinski definition) is 4. The van der Waals surface area contributed by atoms with Gasteiger partial charge in [-0.15, -0.1) is 0 Å². The maximum atomic E-state index is 12.7. The molecule has 3 atom stereocenters. The van der Waals surface area contributed by atoms with E-state index in [-0.39, 0.29) is 17.7 Å². The van der Waals surface area contributed by atoms with Crippen LogP contribution in [-0.4, -0.2) is 59.0 Å². The zero-order valence-corrected chi connectivity index (χ0v) is 12.6. The van der Waals surface area contributed by atoms with Crippen LogP contribution in [0.2, 0.25) is 0 Å². The second-order valence-corrected chi connectivity index (χ2v) is 6.37. The molecule has 3 unspecified atom stereocenters. The number of amides is 1. The minimum absolute atomic E-state index is 0.00347. The summed E-state index contributed by atoms with van der Waals surface area (Å²) in [6, 6.07) is 1.05. The van der Waals surface area contributed by atoms with Gasteiger partial charge in [-0.3, -0.25) is 9.69 Å². The van der Waals surface area contributed by atoms with Crippen molar-refractivity contribution in [1.29, 1.82) is 0 Å². The summed E-state index contributed by atoms with van der Waals surface area (Å²) in [5.74, 6) is -0.484. The van der Waals surface area contributed by atoms with Crippen LogP contribution in [0.5, 0.6) is 0 Å². The monoisotopic (exact) mass is 282 g/mol. The zero-order chi connectivity index (χ0) is 14.9. The molecule has 2 aliphatic rings. The van der Waals surface area contributed by atoms with Crippen molar-refractivity contribution in [3.05, 3.63) is 0 Å². The number of carbonyl (C=O) groups excluding carboxylic acids is 1. The van der Waals surface area contributed by atoms with Crippen LogP contribution in [0.1, 0.15) is 33.1 Å². The number of hydrogen-bond donors (Lipinski definition) is 2. The number of oxime groups is 1. The highest BCUT2D eigenvalue weighted by molar-refractivity contribution is 6.02. The lowest BCUT2D eigenvalue weighted by atomic mass is 9.92. The number of carbonyl (C=O) groups is 1. The molecule has 1 amide bonds. The molecule has 2 rings (SSSR count). The molecule has 2 heterocycles. The summed E-state index contributed by atoms with van der Waals surface area (Å²) < 4.78 is 0. The first kappa shape index (κ1) is 15.1. The molecular weight excluding hydrogens is 256 g/mol. The summed E-state index contributed by atoms with van der Waals surface area (Å²) in [7, 11) is 2.15. The number of nitrogens with two attached hydrogens (primary N) is 1. The summed E-state index contributed by atoms with van der Waals surface area (Å²) in [6.07, 6.45) is 3.40. The van der Waals surface area contributed by atoms with Crippen molar-refractivity contribution in [3.63, 3.8) is 0 Å². The molecule has 2 bridgehead atoms. The van der Waals surface area contributed by atoms with Crippen molar-refractivity contribution in [2.45, 2.75) is 45.2 Å². The highest BCUT2D eigenvalue weighted by Gasteiger charge is 2.38. The Morgan fingerprint density at radius 3 is 2.55 bits per heavy atom. The van der Waals surface area contributed by atoms with Gasteiger partial charge >= 0.3 is 0 Å². The first-order valence-electron chi connectivity index (χ1n) is 7.43. The van der Waals surface area contributed by atoms with E-state index in [2.05, 4.69) is 17.1 Å². The Morgan fingerprint density at radius 2 is 1.95 bits per heavy atom. The molecule has 114 valence electrons. The molecular formula is C14H26N4O2. The van der Waals surface area contributed by atoms with Gasteiger partial charge in [0.05, 0.1) is 0 Å². The lowest BCUT2D eigenvalue weighted by molar-refractivity contribution is -0.134. The van der Waals surface area contributed by atoms with Gasteiger partial charge in [-0.25, -0.2) is 0 Å². The topological polar surface area (TPSA) is 82.2 Å². The van der Waals surface area contributed by atoms with E-state index in [0.717, 1.165) is 25.9 Å². The van der Waals surface area contributed by atoms with Crippen LogP contribution in [0, 0.1) is 11.8 Å². The van der Waals surface area contributed by atoms with Crippen molar-refractivity contribution in [2.24, 2.45) is 22.7 Å². The van der Waals surface area contributed by atoms with Crippen LogP contribution in [0.3, 0.4) is 0 Å². The minimum Gasteiger partial charge on any atom is -0.409 e. The molecule has 0 aliphatic carbocycles. The second-order valence-electron chi connectivity index (χ2n) is 6.37. The molecule has 0 saturated carbocycles. The van der Waals surface area contributed by atoms with E-state index in [1.165, 1.54) is 6.42 Å². The SMILES string of the molecule is CC(C)C(C(=O)N1CCC2CCC(C1)N2C)C(N)=NO. The molecule has 3 N–H and O–H groups in total. The van der Waals surface area contributed by atoms with Crippen molar-refractivity contribution in [2.75, 3.05) is 20.1 Å². The first-order chi connectivity index (χ1) is 9.45. The molecule has 0 aromatic heterocycles. The molecule has 20 heavy (non-hydrogen) atoms. The molecule has 0 spiro atoms. The fourth-order valence-corrected chi connectivity index (χ4v) is 3.52. The highest BCUT2D eigenvalue weighted by atomic mass is 16.4. The smallest absolute Gasteiger partial charge is 0.233 e. The van der Waals surface area contributed by atoms with E-state index < -0.39 is 5.92 Å². The van der Waals surface area contributed by atoms with Crippen LogP contribution in [0.15, 0.2) is 5.16 Å². The standard InChI is InChI=1S/C14H26N4O2/c1-9(2)12(13(15)16-20)14(19)18-7-6-10-4-5-11(8-18)17(10)3/h9-12,20H,4-8H2,1-3H3,(H2,15,16). The maximum absolute atomic E-state index is 12.7. The van der Waals surface area contributed by atoms with Gasteiger partial charge in [0.1, 0.15) is 5.92 Å². The third kappa shape index (κ3) is 2.75. The van der Waals surface area contributed by atoms with E-state index in [4.69, 9.17) is 10.9 Å². The first-order valence-corrected chi connectivity index (χ1v) is 7.43. The number of rotatable bonds is 3. The molecule has 2 aliphatic heterocycles. The Kier molecular flexibility index (Phi) is 4.52. The average molecular weight is 282 g/mol. The lowest BCUT2D eigenvalue weighted by Crippen LogP contribution is -2.47. The summed E-state index contributed by atoms with van der Waals surface area (Å²) in [6.45, 7) is 5.38. The third-order valence-electron chi connectivity index (χ3n) is 4.83. The molecule has 0 aromatic rings. The van der Waals surface area contributed by atoms with Crippen LogP contribution in [0.25, 0.3) is 0 Å². The Labute approximate surface area is 120 Å². The van der Waals surface area contributed by atoms with E-state index in [1.54, 1.807) is 0 Å². The number of nitrogens with zero attached hydrogens (tertiary/aromatic N) is 3. The zero-order valence-electron chi connectivity index (χ0n) is 12.6. The number of amidine groups is 1. The third-order valence-corrected chi connectivity index (χ3v) is 4.83. The highest BCUT2D eigenvalue weighted by Crippen LogP contribution is 2.29. The van der Waals surface area contributed by atoms with Crippen molar-refractivity contribution < 1.29 is 10.0 Å². The van der Waals surface area contributed by atoms with Crippen LogP contribution in [-0.2, 0) is 4.79 Å². The number of fused-ring (bicyclic) bond motifs is 2. The maximum Gasteiger partial charge on any atom is 0.233 e. The van der Waals surface area contributed by atoms with Crippen molar-refractivity contribution in [3.8, 4) is 0 Å². The number of likely N-dealkylation sites (N-methyl/N-ethyl adjacent to an activating group) is 1. The van der Waals surface area contributed by atoms with E-state index in [9.17, 15) is 4.79 Å². The minimum atomic E-state index is -0.526. The van der Waals surface area contributed by atoms with E-state index >= 15 is 0 Å². The van der Waals surface area contributed by atoms with Gasteiger partial charge in [0, 0.05) is 25.2 Å². The fraction of sp³-hybridized carbons (Fsp3) is 0.857. The van der Waals surface area contributed by atoms with Gasteiger partial charge in [0.2, 0.25) is 5.91 Å². The normalized spacial score (nSPS) is 29.6. The van der Waals surface area contributed by atoms with Crippen LogP contribution >= 0.6 is 0 Å². The van der Waals surface area contributed by atoms with Crippen molar-refractivity contribution >= 4 is 11.7 Å². The second kappa shape index (κ2) is 5.99.